The third kappa shape index (κ3) is 3.42. The molecule has 0 aliphatic heterocycles. The molecule has 4 aliphatic rings. The zero-order chi connectivity index (χ0) is 20.1. The molecular weight excluding hydrogens is 340 g/mol. The molecule has 1 heteroatoms. The van der Waals surface area contributed by atoms with Gasteiger partial charge in [-0.05, 0) is 97.2 Å². The average molecular weight is 387 g/mol. The molecule has 28 heavy (non-hydrogen) atoms. The van der Waals surface area contributed by atoms with Crippen molar-refractivity contribution >= 4 is 0 Å². The minimum absolute atomic E-state index is 0.0223. The van der Waals surface area contributed by atoms with Crippen molar-refractivity contribution in [1.29, 1.82) is 0 Å². The van der Waals surface area contributed by atoms with Crippen LogP contribution in [0.15, 0.2) is 12.2 Å². The standard InChI is InChI=1S/C27H46O/c1-18(2)7-6-8-19(3)23-11-12-24-22-10-9-20-17-21(28)13-15-26(20,4)25(22)14-16-27(23,24)5/h11-12,18-25,28H,6-10,13-17H2,1-5H3/t19?,20-,21-,22?,23+,24?,25?,26-,27+/m0/s1. The van der Waals surface area contributed by atoms with Crippen molar-refractivity contribution in [1.82, 2.24) is 0 Å². The summed E-state index contributed by atoms with van der Waals surface area (Å²) in [6, 6.07) is 0. The van der Waals surface area contributed by atoms with E-state index in [4.69, 9.17) is 0 Å². The Hall–Kier alpha value is -0.300. The molecule has 4 rings (SSSR count). The Kier molecular flexibility index (Phi) is 5.80. The molecule has 0 heterocycles. The van der Waals surface area contributed by atoms with Crippen LogP contribution in [0, 0.1) is 52.3 Å². The van der Waals surface area contributed by atoms with Gasteiger partial charge in [0.25, 0.3) is 0 Å². The molecular formula is C27H46O. The van der Waals surface area contributed by atoms with Crippen LogP contribution in [-0.4, -0.2) is 11.2 Å². The van der Waals surface area contributed by atoms with Gasteiger partial charge in [0.1, 0.15) is 0 Å². The second-order valence-corrected chi connectivity index (χ2v) is 12.3. The normalized spacial score (nSPS) is 48.8. The summed E-state index contributed by atoms with van der Waals surface area (Å²) in [5.74, 6) is 5.86. The van der Waals surface area contributed by atoms with E-state index < -0.39 is 0 Å². The van der Waals surface area contributed by atoms with Gasteiger partial charge in [0.2, 0.25) is 0 Å². The first-order valence-electron chi connectivity index (χ1n) is 12.6. The van der Waals surface area contributed by atoms with Gasteiger partial charge in [0.05, 0.1) is 6.10 Å². The molecule has 4 unspecified atom stereocenters. The van der Waals surface area contributed by atoms with E-state index in [9.17, 15) is 5.11 Å². The number of hydrogen-bond donors (Lipinski definition) is 1. The second kappa shape index (κ2) is 7.75. The second-order valence-electron chi connectivity index (χ2n) is 12.3. The van der Waals surface area contributed by atoms with Crippen molar-refractivity contribution in [3.63, 3.8) is 0 Å². The fourth-order valence-electron chi connectivity index (χ4n) is 8.59. The molecule has 0 aromatic carbocycles. The Balaban J connectivity index is 1.47. The van der Waals surface area contributed by atoms with Crippen LogP contribution in [0.4, 0.5) is 0 Å². The summed E-state index contributed by atoms with van der Waals surface area (Å²) in [6.07, 6.45) is 18.5. The van der Waals surface area contributed by atoms with Gasteiger partial charge in [-0.25, -0.2) is 0 Å². The topological polar surface area (TPSA) is 20.2 Å². The fraction of sp³-hybridized carbons (Fsp3) is 0.926. The Bertz CT molecular complexity index is 579. The van der Waals surface area contributed by atoms with Gasteiger partial charge in [0, 0.05) is 0 Å². The smallest absolute Gasteiger partial charge is 0.0543 e. The Labute approximate surface area is 174 Å². The van der Waals surface area contributed by atoms with Crippen LogP contribution in [0.1, 0.15) is 98.8 Å². The van der Waals surface area contributed by atoms with Gasteiger partial charge in [0.15, 0.2) is 0 Å². The lowest BCUT2D eigenvalue weighted by atomic mass is 9.44. The number of aliphatic hydroxyl groups excluding tert-OH is 1. The average Bonchev–Trinajstić information content (AvgIpc) is 2.99. The molecule has 0 aromatic rings. The summed E-state index contributed by atoms with van der Waals surface area (Å²) in [4.78, 5) is 0. The van der Waals surface area contributed by atoms with E-state index in [1.54, 1.807) is 0 Å². The number of allylic oxidation sites excluding steroid dienone is 2. The zero-order valence-corrected chi connectivity index (χ0v) is 19.3. The number of rotatable bonds is 5. The number of hydrogen-bond acceptors (Lipinski definition) is 1. The first-order valence-corrected chi connectivity index (χ1v) is 12.6. The van der Waals surface area contributed by atoms with Gasteiger partial charge < -0.3 is 5.11 Å². The molecule has 160 valence electrons. The molecule has 0 amide bonds. The minimum Gasteiger partial charge on any atom is -0.393 e. The maximum absolute atomic E-state index is 10.2. The highest BCUT2D eigenvalue weighted by Gasteiger charge is 2.59. The third-order valence-corrected chi connectivity index (χ3v) is 10.3. The molecule has 3 fully saturated rings. The Morgan fingerprint density at radius 3 is 2.43 bits per heavy atom. The van der Waals surface area contributed by atoms with E-state index in [0.717, 1.165) is 54.3 Å². The van der Waals surface area contributed by atoms with Gasteiger partial charge in [-0.15, -0.1) is 0 Å². The van der Waals surface area contributed by atoms with E-state index in [-0.39, 0.29) is 6.10 Å². The molecule has 1 nitrogen and oxygen atoms in total. The summed E-state index contributed by atoms with van der Waals surface area (Å²) in [7, 11) is 0. The van der Waals surface area contributed by atoms with Crippen LogP contribution >= 0.6 is 0 Å². The third-order valence-electron chi connectivity index (χ3n) is 10.3. The lowest BCUT2D eigenvalue weighted by Gasteiger charge is -2.61. The predicted octanol–water partition coefficient (Wildman–Crippen LogP) is 7.24. The molecule has 0 saturated heterocycles. The van der Waals surface area contributed by atoms with Crippen molar-refractivity contribution in [2.75, 3.05) is 0 Å². The number of aliphatic hydroxyl groups is 1. The molecule has 0 spiro atoms. The lowest BCUT2D eigenvalue weighted by Crippen LogP contribution is -2.54. The fourth-order valence-corrected chi connectivity index (χ4v) is 8.59. The molecule has 9 atom stereocenters. The minimum atomic E-state index is -0.0223. The highest BCUT2D eigenvalue weighted by atomic mass is 16.3. The molecule has 0 bridgehead atoms. The van der Waals surface area contributed by atoms with E-state index in [0.29, 0.717) is 10.8 Å². The van der Waals surface area contributed by atoms with Gasteiger partial charge in [-0.1, -0.05) is 66.0 Å². The van der Waals surface area contributed by atoms with E-state index in [1.807, 2.05) is 0 Å². The van der Waals surface area contributed by atoms with Crippen LogP contribution in [0.5, 0.6) is 0 Å². The van der Waals surface area contributed by atoms with Crippen molar-refractivity contribution in [2.45, 2.75) is 105 Å². The van der Waals surface area contributed by atoms with Gasteiger partial charge in [-0.2, -0.15) is 0 Å². The van der Waals surface area contributed by atoms with Crippen molar-refractivity contribution < 1.29 is 5.11 Å². The highest BCUT2D eigenvalue weighted by Crippen LogP contribution is 2.66. The summed E-state index contributed by atoms with van der Waals surface area (Å²) in [5.41, 5.74) is 1.01. The molecule has 3 saturated carbocycles. The maximum Gasteiger partial charge on any atom is 0.0543 e. The largest absolute Gasteiger partial charge is 0.393 e. The van der Waals surface area contributed by atoms with Crippen LogP contribution in [0.25, 0.3) is 0 Å². The molecule has 1 N–H and O–H groups in total. The van der Waals surface area contributed by atoms with Crippen molar-refractivity contribution in [3.05, 3.63) is 12.2 Å². The molecule has 0 aromatic heterocycles. The monoisotopic (exact) mass is 386 g/mol. The summed E-state index contributed by atoms with van der Waals surface area (Å²) in [6.45, 7) is 12.5. The highest BCUT2D eigenvalue weighted by molar-refractivity contribution is 5.19. The summed E-state index contributed by atoms with van der Waals surface area (Å²) < 4.78 is 0. The summed E-state index contributed by atoms with van der Waals surface area (Å²) >= 11 is 0. The first-order chi connectivity index (χ1) is 13.3. The lowest BCUT2D eigenvalue weighted by molar-refractivity contribution is -0.123. The van der Waals surface area contributed by atoms with Crippen LogP contribution in [0.2, 0.25) is 0 Å². The maximum atomic E-state index is 10.2. The SMILES string of the molecule is CC(C)CCCC(C)[C@H]1C=CC2C3CC[C@H]4C[C@@H](O)CC[C@]4(C)C3CC[C@@]21C. The van der Waals surface area contributed by atoms with E-state index >= 15 is 0 Å². The van der Waals surface area contributed by atoms with E-state index in [1.165, 1.54) is 51.4 Å². The molecule has 4 aliphatic carbocycles. The van der Waals surface area contributed by atoms with Crippen LogP contribution in [-0.2, 0) is 0 Å². The predicted molar refractivity (Wildman–Crippen MR) is 119 cm³/mol. The Morgan fingerprint density at radius 2 is 1.68 bits per heavy atom. The first kappa shape index (κ1) is 21.0. The quantitative estimate of drug-likeness (QED) is 0.493. The van der Waals surface area contributed by atoms with Crippen molar-refractivity contribution in [3.8, 4) is 0 Å². The number of fused-ring (bicyclic) bond motifs is 5. The molecule has 0 radical (unpaired) electrons. The van der Waals surface area contributed by atoms with Crippen LogP contribution in [0.3, 0.4) is 0 Å². The van der Waals surface area contributed by atoms with Crippen LogP contribution < -0.4 is 0 Å². The van der Waals surface area contributed by atoms with Crippen molar-refractivity contribution in [2.24, 2.45) is 52.3 Å². The van der Waals surface area contributed by atoms with E-state index in [2.05, 4.69) is 46.8 Å². The van der Waals surface area contributed by atoms with Gasteiger partial charge in [-0.3, -0.25) is 0 Å². The van der Waals surface area contributed by atoms with Gasteiger partial charge >= 0.3 is 0 Å². The Morgan fingerprint density at radius 1 is 0.929 bits per heavy atom. The zero-order valence-electron chi connectivity index (χ0n) is 19.3. The summed E-state index contributed by atoms with van der Waals surface area (Å²) in [5, 5.41) is 10.2.